The number of H-pyrrole nitrogens is 1. The number of hydrogen-bond donors (Lipinski definition) is 1. The van der Waals surface area contributed by atoms with Gasteiger partial charge in [0.2, 0.25) is 5.78 Å². The van der Waals surface area contributed by atoms with Crippen molar-refractivity contribution in [3.8, 4) is 0 Å². The van der Waals surface area contributed by atoms with Crippen LogP contribution in [-0.2, 0) is 6.54 Å². The predicted molar refractivity (Wildman–Crippen MR) is 144 cm³/mol. The number of nitrogens with zero attached hydrogens (tertiary/aromatic N) is 1. The Bertz CT molecular complexity index is 1770. The number of aromatic nitrogens is 2. The number of rotatable bonds is 5. The zero-order valence-corrected chi connectivity index (χ0v) is 21.5. The van der Waals surface area contributed by atoms with Crippen LogP contribution >= 0.6 is 0 Å². The molecule has 0 atom stereocenters. The first kappa shape index (κ1) is 25.0. The van der Waals surface area contributed by atoms with E-state index in [0.717, 1.165) is 11.1 Å². The molecule has 38 heavy (non-hydrogen) atoms. The number of aryl methyl sites for hydroxylation is 2. The third-order valence-corrected chi connectivity index (χ3v) is 6.84. The second-order valence-corrected chi connectivity index (χ2v) is 10.1. The molecule has 1 aliphatic rings. The van der Waals surface area contributed by atoms with E-state index in [-0.39, 0.29) is 40.8 Å². The van der Waals surface area contributed by atoms with Crippen molar-refractivity contribution in [2.45, 2.75) is 40.2 Å². The van der Waals surface area contributed by atoms with E-state index in [9.17, 15) is 24.0 Å². The maximum Gasteiger partial charge on any atom is 0.329 e. The molecule has 4 aromatic rings. The van der Waals surface area contributed by atoms with Gasteiger partial charge in [-0.3, -0.25) is 28.7 Å². The molecule has 190 valence electrons. The lowest BCUT2D eigenvalue weighted by molar-refractivity contribution is 0.0979. The highest BCUT2D eigenvalue weighted by molar-refractivity contribution is 6.28. The Labute approximate surface area is 218 Å². The predicted octanol–water partition coefficient (Wildman–Crippen LogP) is 4.33. The van der Waals surface area contributed by atoms with Crippen LogP contribution in [0, 0.1) is 13.8 Å². The average Bonchev–Trinajstić information content (AvgIpc) is 2.87. The van der Waals surface area contributed by atoms with Gasteiger partial charge >= 0.3 is 5.69 Å². The lowest BCUT2D eigenvalue weighted by Crippen LogP contribution is -2.38. The van der Waals surface area contributed by atoms with Crippen LogP contribution in [0.15, 0.2) is 70.3 Å². The Hall–Kier alpha value is -4.65. The summed E-state index contributed by atoms with van der Waals surface area (Å²) in [7, 11) is 0. The highest BCUT2D eigenvalue weighted by Gasteiger charge is 2.30. The van der Waals surface area contributed by atoms with Crippen molar-refractivity contribution in [3.63, 3.8) is 0 Å². The summed E-state index contributed by atoms with van der Waals surface area (Å²) in [6.07, 6.45) is 0. The molecule has 1 aromatic heterocycles. The number of carbonyl (C=O) groups excluding carboxylic acids is 3. The molecule has 0 bridgehead atoms. The van der Waals surface area contributed by atoms with E-state index in [1.165, 1.54) is 4.57 Å². The lowest BCUT2D eigenvalue weighted by Gasteiger charge is -2.20. The van der Waals surface area contributed by atoms with E-state index in [1.807, 2.05) is 19.9 Å². The quantitative estimate of drug-likeness (QED) is 0.357. The van der Waals surface area contributed by atoms with Crippen molar-refractivity contribution in [2.24, 2.45) is 0 Å². The molecule has 1 heterocycles. The summed E-state index contributed by atoms with van der Waals surface area (Å²) in [5, 5.41) is 0. The normalized spacial score (nSPS) is 12.4. The highest BCUT2D eigenvalue weighted by atomic mass is 16.2. The molecule has 0 radical (unpaired) electrons. The van der Waals surface area contributed by atoms with Crippen molar-refractivity contribution in [3.05, 3.63) is 137 Å². The third-order valence-electron chi connectivity index (χ3n) is 6.84. The van der Waals surface area contributed by atoms with Gasteiger partial charge in [0.05, 0.1) is 6.54 Å². The molecule has 0 fully saturated rings. The van der Waals surface area contributed by atoms with Crippen LogP contribution in [0.3, 0.4) is 0 Å². The van der Waals surface area contributed by atoms with Crippen LogP contribution in [0.25, 0.3) is 0 Å². The molecule has 0 saturated carbocycles. The minimum absolute atomic E-state index is 0.0178. The first-order valence-electron chi connectivity index (χ1n) is 12.4. The van der Waals surface area contributed by atoms with Gasteiger partial charge in [-0.25, -0.2) is 4.79 Å². The molecule has 5 rings (SSSR count). The summed E-state index contributed by atoms with van der Waals surface area (Å²) < 4.78 is 1.25. The molecule has 0 saturated heterocycles. The second kappa shape index (κ2) is 9.34. The second-order valence-electron chi connectivity index (χ2n) is 10.1. The SMILES string of the molecule is Cc1cc(C)cc(C(=O)c2c(C(C)C)c(=O)[nH]c(=O)n2Cc2ccc3c(c2)C(=O)c2ccccc2C3=O)c1. The maximum atomic E-state index is 13.8. The smallest absolute Gasteiger partial charge is 0.289 e. The van der Waals surface area contributed by atoms with Crippen molar-refractivity contribution in [2.75, 3.05) is 0 Å². The molecule has 7 heteroatoms. The van der Waals surface area contributed by atoms with Crippen LogP contribution in [0.2, 0.25) is 0 Å². The van der Waals surface area contributed by atoms with Crippen molar-refractivity contribution in [1.29, 1.82) is 0 Å². The van der Waals surface area contributed by atoms with Gasteiger partial charge in [0.1, 0.15) is 5.69 Å². The number of aromatic amines is 1. The molecule has 0 spiro atoms. The van der Waals surface area contributed by atoms with E-state index >= 15 is 0 Å². The van der Waals surface area contributed by atoms with E-state index in [2.05, 4.69) is 4.98 Å². The topological polar surface area (TPSA) is 106 Å². The summed E-state index contributed by atoms with van der Waals surface area (Å²) in [5.41, 5.74) is 2.83. The Morgan fingerprint density at radius 1 is 0.789 bits per heavy atom. The van der Waals surface area contributed by atoms with Crippen LogP contribution in [0.5, 0.6) is 0 Å². The van der Waals surface area contributed by atoms with Crippen LogP contribution in [0.4, 0.5) is 0 Å². The minimum Gasteiger partial charge on any atom is -0.289 e. The summed E-state index contributed by atoms with van der Waals surface area (Å²) >= 11 is 0. The first-order valence-corrected chi connectivity index (χ1v) is 12.4. The minimum atomic E-state index is -0.724. The van der Waals surface area contributed by atoms with Crippen molar-refractivity contribution < 1.29 is 14.4 Å². The van der Waals surface area contributed by atoms with Crippen LogP contribution in [-0.4, -0.2) is 26.9 Å². The van der Waals surface area contributed by atoms with Gasteiger partial charge < -0.3 is 0 Å². The lowest BCUT2D eigenvalue weighted by atomic mass is 9.83. The van der Waals surface area contributed by atoms with Gasteiger partial charge in [-0.05, 0) is 49.6 Å². The number of nitrogens with one attached hydrogen (secondary N) is 1. The fourth-order valence-electron chi connectivity index (χ4n) is 5.19. The molecule has 0 amide bonds. The number of carbonyl (C=O) groups is 3. The summed E-state index contributed by atoms with van der Waals surface area (Å²) in [6.45, 7) is 7.26. The molecular weight excluding hydrogens is 480 g/mol. The Morgan fingerprint density at radius 2 is 1.37 bits per heavy atom. The molecule has 1 N–H and O–H groups in total. The van der Waals surface area contributed by atoms with E-state index in [1.54, 1.807) is 68.4 Å². The molecule has 1 aliphatic carbocycles. The van der Waals surface area contributed by atoms with E-state index < -0.39 is 17.0 Å². The fraction of sp³-hybridized carbons (Fsp3) is 0.194. The number of fused-ring (bicyclic) bond motifs is 2. The van der Waals surface area contributed by atoms with Gasteiger partial charge in [0, 0.05) is 33.4 Å². The fourth-order valence-corrected chi connectivity index (χ4v) is 5.19. The Balaban J connectivity index is 1.66. The van der Waals surface area contributed by atoms with Crippen molar-refractivity contribution >= 4 is 17.3 Å². The summed E-state index contributed by atoms with van der Waals surface area (Å²) in [6, 6.07) is 16.9. The maximum absolute atomic E-state index is 13.8. The Morgan fingerprint density at radius 3 is 1.97 bits per heavy atom. The molecule has 3 aromatic carbocycles. The van der Waals surface area contributed by atoms with Crippen LogP contribution in [0.1, 0.15) is 89.9 Å². The monoisotopic (exact) mass is 506 g/mol. The summed E-state index contributed by atoms with van der Waals surface area (Å²) in [5.74, 6) is -1.28. The molecule has 7 nitrogen and oxygen atoms in total. The first-order chi connectivity index (χ1) is 18.1. The van der Waals surface area contributed by atoms with Gasteiger partial charge in [-0.1, -0.05) is 61.4 Å². The average molecular weight is 507 g/mol. The number of ketones is 3. The zero-order chi connectivity index (χ0) is 27.3. The number of hydrogen-bond acceptors (Lipinski definition) is 5. The van der Waals surface area contributed by atoms with Gasteiger partial charge in [-0.15, -0.1) is 0 Å². The zero-order valence-electron chi connectivity index (χ0n) is 21.5. The van der Waals surface area contributed by atoms with Crippen molar-refractivity contribution in [1.82, 2.24) is 9.55 Å². The third kappa shape index (κ3) is 4.16. The molecular formula is C31H26N2O5. The largest absolute Gasteiger partial charge is 0.329 e. The summed E-state index contributed by atoms with van der Waals surface area (Å²) in [4.78, 5) is 68.4. The standard InChI is InChI=1S/C31H26N2O5/c1-16(2)25-26(27(34)20-12-17(3)11-18(4)13-20)33(31(38)32-30(25)37)15-19-9-10-23-24(14-19)29(36)22-8-6-5-7-21(22)28(23)35/h5-14,16H,15H2,1-4H3,(H,32,37,38). The molecule has 0 aliphatic heterocycles. The van der Waals surface area contributed by atoms with Gasteiger partial charge in [-0.2, -0.15) is 0 Å². The van der Waals surface area contributed by atoms with Gasteiger partial charge in [0.25, 0.3) is 5.56 Å². The van der Waals surface area contributed by atoms with Crippen LogP contribution < -0.4 is 11.2 Å². The number of benzene rings is 3. The Kier molecular flexibility index (Phi) is 6.15. The van der Waals surface area contributed by atoms with E-state index in [0.29, 0.717) is 27.8 Å². The molecule has 0 unspecified atom stereocenters. The van der Waals surface area contributed by atoms with E-state index in [4.69, 9.17) is 0 Å². The highest BCUT2D eigenvalue weighted by Crippen LogP contribution is 2.28. The van der Waals surface area contributed by atoms with Gasteiger partial charge in [0.15, 0.2) is 11.6 Å².